The molecule has 1 amide bonds. The lowest BCUT2D eigenvalue weighted by Gasteiger charge is -2.18. The minimum absolute atomic E-state index is 0.230. The molecule has 0 fully saturated rings. The monoisotopic (exact) mass is 347 g/mol. The fraction of sp³-hybridized carbons (Fsp3) is 0.294. The summed E-state index contributed by atoms with van der Waals surface area (Å²) < 4.78 is 23.0. The van der Waals surface area contributed by atoms with Gasteiger partial charge in [0.25, 0.3) is 5.91 Å². The Morgan fingerprint density at radius 2 is 1.79 bits per heavy atom. The molecule has 1 unspecified atom stereocenters. The van der Waals surface area contributed by atoms with E-state index in [4.69, 9.17) is 0 Å². The van der Waals surface area contributed by atoms with E-state index in [1.165, 1.54) is 6.26 Å². The number of sulfone groups is 1. The van der Waals surface area contributed by atoms with Crippen molar-refractivity contribution in [2.45, 2.75) is 17.9 Å². The number of carbonyl (C=O) groups excluding carboxylic acids is 1. The van der Waals surface area contributed by atoms with Crippen LogP contribution in [-0.4, -0.2) is 39.7 Å². The van der Waals surface area contributed by atoms with Gasteiger partial charge in [-0.2, -0.15) is 0 Å². The molecule has 1 aromatic heterocycles. The van der Waals surface area contributed by atoms with Crippen LogP contribution in [0, 0.1) is 0 Å². The van der Waals surface area contributed by atoms with Gasteiger partial charge in [0.05, 0.1) is 16.5 Å². The van der Waals surface area contributed by atoms with Gasteiger partial charge in [-0.1, -0.05) is 12.1 Å². The van der Waals surface area contributed by atoms with Crippen LogP contribution in [0.15, 0.2) is 47.5 Å². The highest BCUT2D eigenvalue weighted by atomic mass is 32.2. The number of amides is 1. The van der Waals surface area contributed by atoms with E-state index >= 15 is 0 Å². The van der Waals surface area contributed by atoms with Crippen LogP contribution in [0.1, 0.15) is 28.9 Å². The second-order valence-corrected chi connectivity index (χ2v) is 7.82. The molecule has 0 aliphatic heterocycles. The molecule has 0 spiro atoms. The van der Waals surface area contributed by atoms with Crippen molar-refractivity contribution in [1.82, 2.24) is 10.3 Å². The smallest absolute Gasteiger partial charge is 0.255 e. The predicted molar refractivity (Wildman–Crippen MR) is 94.0 cm³/mol. The summed E-state index contributed by atoms with van der Waals surface area (Å²) in [5.74, 6) is 0.362. The maximum Gasteiger partial charge on any atom is 0.255 e. The van der Waals surface area contributed by atoms with Crippen molar-refractivity contribution in [1.29, 1.82) is 0 Å². The minimum Gasteiger partial charge on any atom is -0.362 e. The molecule has 0 aliphatic carbocycles. The molecule has 1 aromatic carbocycles. The molecule has 128 valence electrons. The Morgan fingerprint density at radius 3 is 2.33 bits per heavy atom. The van der Waals surface area contributed by atoms with Crippen LogP contribution in [0.3, 0.4) is 0 Å². The molecule has 0 radical (unpaired) electrons. The first-order chi connectivity index (χ1) is 11.2. The summed E-state index contributed by atoms with van der Waals surface area (Å²) in [7, 11) is 0.424. The number of hydrogen-bond donors (Lipinski definition) is 1. The van der Waals surface area contributed by atoms with E-state index in [-0.39, 0.29) is 16.8 Å². The summed E-state index contributed by atoms with van der Waals surface area (Å²) in [4.78, 5) is 18.8. The molecule has 24 heavy (non-hydrogen) atoms. The Kier molecular flexibility index (Phi) is 5.23. The van der Waals surface area contributed by atoms with E-state index < -0.39 is 9.84 Å². The minimum atomic E-state index is -3.23. The highest BCUT2D eigenvalue weighted by Crippen LogP contribution is 2.19. The van der Waals surface area contributed by atoms with Crippen LogP contribution in [0.4, 0.5) is 5.82 Å². The van der Waals surface area contributed by atoms with Gasteiger partial charge in [-0.3, -0.25) is 4.79 Å². The van der Waals surface area contributed by atoms with Crippen molar-refractivity contribution >= 4 is 21.6 Å². The molecule has 2 rings (SSSR count). The van der Waals surface area contributed by atoms with Crippen molar-refractivity contribution in [3.63, 3.8) is 0 Å². The molecule has 0 bridgehead atoms. The Hall–Kier alpha value is -2.41. The van der Waals surface area contributed by atoms with E-state index in [0.29, 0.717) is 11.4 Å². The summed E-state index contributed by atoms with van der Waals surface area (Å²) in [6.45, 7) is 1.85. The average Bonchev–Trinajstić information content (AvgIpc) is 2.54. The van der Waals surface area contributed by atoms with Crippen LogP contribution >= 0.6 is 0 Å². The number of carbonyl (C=O) groups is 1. The lowest BCUT2D eigenvalue weighted by atomic mass is 10.1. The van der Waals surface area contributed by atoms with Gasteiger partial charge < -0.3 is 10.2 Å². The Bertz CT molecular complexity index is 830. The first-order valence-electron chi connectivity index (χ1n) is 7.43. The molecule has 0 saturated carbocycles. The Balaban J connectivity index is 2.18. The van der Waals surface area contributed by atoms with E-state index in [1.807, 2.05) is 21.0 Å². The van der Waals surface area contributed by atoms with Gasteiger partial charge in [0, 0.05) is 26.5 Å². The van der Waals surface area contributed by atoms with Crippen LogP contribution in [0.2, 0.25) is 0 Å². The summed E-state index contributed by atoms with van der Waals surface area (Å²) >= 11 is 0. The molecular formula is C17H21N3O3S. The second-order valence-electron chi connectivity index (χ2n) is 5.81. The Morgan fingerprint density at radius 1 is 1.17 bits per heavy atom. The lowest BCUT2D eigenvalue weighted by Crippen LogP contribution is -2.28. The van der Waals surface area contributed by atoms with Crippen LogP contribution < -0.4 is 10.2 Å². The van der Waals surface area contributed by atoms with Crippen LogP contribution in [-0.2, 0) is 9.84 Å². The molecular weight excluding hydrogens is 326 g/mol. The number of rotatable bonds is 5. The Labute approximate surface area is 142 Å². The first-order valence-corrected chi connectivity index (χ1v) is 9.32. The van der Waals surface area contributed by atoms with Crippen molar-refractivity contribution in [3.8, 4) is 0 Å². The zero-order valence-electron chi connectivity index (χ0n) is 14.1. The standard InChI is InChI=1S/C17H21N3O3S/c1-12(13-7-9-14(10-8-13)24(4,22)23)19-17(21)15-6-5-11-18-16(15)20(2)3/h5-12H,1-4H3,(H,19,21). The summed E-state index contributed by atoms with van der Waals surface area (Å²) in [6.07, 6.45) is 2.80. The highest BCUT2D eigenvalue weighted by Gasteiger charge is 2.17. The quantitative estimate of drug-likeness (QED) is 0.895. The van der Waals surface area contributed by atoms with Crippen molar-refractivity contribution in [3.05, 3.63) is 53.7 Å². The molecule has 1 N–H and O–H groups in total. The van der Waals surface area contributed by atoms with Gasteiger partial charge in [0.15, 0.2) is 9.84 Å². The molecule has 0 saturated heterocycles. The number of anilines is 1. The third kappa shape index (κ3) is 4.11. The molecule has 6 nitrogen and oxygen atoms in total. The van der Waals surface area contributed by atoms with Gasteiger partial charge >= 0.3 is 0 Å². The first kappa shape index (κ1) is 17.9. The van der Waals surface area contributed by atoms with Crippen molar-refractivity contribution in [2.75, 3.05) is 25.3 Å². The zero-order chi connectivity index (χ0) is 17.9. The van der Waals surface area contributed by atoms with Crippen molar-refractivity contribution in [2.24, 2.45) is 0 Å². The maximum atomic E-state index is 12.5. The zero-order valence-corrected chi connectivity index (χ0v) is 15.0. The summed E-state index contributed by atoms with van der Waals surface area (Å²) in [5.41, 5.74) is 1.31. The van der Waals surface area contributed by atoms with E-state index in [9.17, 15) is 13.2 Å². The van der Waals surface area contributed by atoms with Gasteiger partial charge in [-0.25, -0.2) is 13.4 Å². The normalized spacial score (nSPS) is 12.5. The predicted octanol–water partition coefficient (Wildman–Crippen LogP) is 2.04. The fourth-order valence-electron chi connectivity index (χ4n) is 2.29. The highest BCUT2D eigenvalue weighted by molar-refractivity contribution is 7.90. The molecule has 1 heterocycles. The molecule has 2 aromatic rings. The number of aromatic nitrogens is 1. The molecule has 1 atom stereocenters. The molecule has 7 heteroatoms. The summed E-state index contributed by atoms with van der Waals surface area (Å²) in [5, 5.41) is 2.91. The SMILES string of the molecule is CC(NC(=O)c1cccnc1N(C)C)c1ccc(S(C)(=O)=O)cc1. The van der Waals surface area contributed by atoms with E-state index in [2.05, 4.69) is 10.3 Å². The number of benzene rings is 1. The number of nitrogens with one attached hydrogen (secondary N) is 1. The number of pyridine rings is 1. The van der Waals surface area contributed by atoms with E-state index in [1.54, 1.807) is 47.5 Å². The third-order valence-corrected chi connectivity index (χ3v) is 4.74. The van der Waals surface area contributed by atoms with Gasteiger partial charge in [0.2, 0.25) is 0 Å². The average molecular weight is 347 g/mol. The number of nitrogens with zero attached hydrogens (tertiary/aromatic N) is 2. The number of hydrogen-bond acceptors (Lipinski definition) is 5. The van der Waals surface area contributed by atoms with E-state index in [0.717, 1.165) is 5.56 Å². The summed E-state index contributed by atoms with van der Waals surface area (Å²) in [6, 6.07) is 9.67. The van der Waals surface area contributed by atoms with Crippen LogP contribution in [0.25, 0.3) is 0 Å². The topological polar surface area (TPSA) is 79.4 Å². The second kappa shape index (κ2) is 7.00. The fourth-order valence-corrected chi connectivity index (χ4v) is 2.92. The third-order valence-electron chi connectivity index (χ3n) is 3.61. The van der Waals surface area contributed by atoms with Gasteiger partial charge in [-0.15, -0.1) is 0 Å². The van der Waals surface area contributed by atoms with Gasteiger partial charge in [0.1, 0.15) is 5.82 Å². The maximum absolute atomic E-state index is 12.5. The van der Waals surface area contributed by atoms with Crippen molar-refractivity contribution < 1.29 is 13.2 Å². The largest absolute Gasteiger partial charge is 0.362 e. The van der Waals surface area contributed by atoms with Gasteiger partial charge in [-0.05, 0) is 36.8 Å². The van der Waals surface area contributed by atoms with Crippen LogP contribution in [0.5, 0.6) is 0 Å². The lowest BCUT2D eigenvalue weighted by molar-refractivity contribution is 0.0940. The molecule has 0 aliphatic rings.